The smallest absolute Gasteiger partial charge is 0.223 e. The standard InChI is InChI=1S/C11H12N8S/c1-2-13-6-3-7(19-11(12)18-6)20-10-8-9(15-4-14-8)16-5-17-10/h3-5H,2H2,1H3,(H3,12,13,18,19)(H,14,15,16,17). The van der Waals surface area contributed by atoms with E-state index in [1.807, 2.05) is 13.0 Å². The zero-order valence-corrected chi connectivity index (χ0v) is 11.5. The van der Waals surface area contributed by atoms with Gasteiger partial charge in [0.05, 0.1) is 6.33 Å². The maximum Gasteiger partial charge on any atom is 0.223 e. The molecule has 0 radical (unpaired) electrons. The zero-order chi connectivity index (χ0) is 13.9. The largest absolute Gasteiger partial charge is 0.370 e. The Morgan fingerprint density at radius 1 is 1.30 bits per heavy atom. The monoisotopic (exact) mass is 288 g/mol. The molecule has 4 N–H and O–H groups in total. The Balaban J connectivity index is 1.96. The van der Waals surface area contributed by atoms with Gasteiger partial charge in [-0.25, -0.2) is 19.9 Å². The number of hydrogen-bond donors (Lipinski definition) is 3. The summed E-state index contributed by atoms with van der Waals surface area (Å²) in [7, 11) is 0. The number of imidazole rings is 1. The van der Waals surface area contributed by atoms with Crippen LogP contribution in [0.2, 0.25) is 0 Å². The molecule has 3 heterocycles. The summed E-state index contributed by atoms with van der Waals surface area (Å²) in [4.78, 5) is 23.7. The summed E-state index contributed by atoms with van der Waals surface area (Å²) in [6.45, 7) is 2.75. The normalized spacial score (nSPS) is 10.8. The molecule has 3 aromatic heterocycles. The Labute approximate surface area is 118 Å². The topological polar surface area (TPSA) is 118 Å². The molecular formula is C11H12N8S. The van der Waals surface area contributed by atoms with Gasteiger partial charge in [-0.15, -0.1) is 0 Å². The second-order valence-corrected chi connectivity index (χ2v) is 4.87. The number of aromatic amines is 1. The van der Waals surface area contributed by atoms with Crippen molar-refractivity contribution in [2.45, 2.75) is 17.0 Å². The van der Waals surface area contributed by atoms with E-state index in [-0.39, 0.29) is 5.95 Å². The first kappa shape index (κ1) is 12.6. The van der Waals surface area contributed by atoms with Crippen molar-refractivity contribution >= 4 is 34.7 Å². The van der Waals surface area contributed by atoms with Crippen molar-refractivity contribution < 1.29 is 0 Å². The van der Waals surface area contributed by atoms with Crippen molar-refractivity contribution in [3.05, 3.63) is 18.7 Å². The van der Waals surface area contributed by atoms with Crippen molar-refractivity contribution in [2.24, 2.45) is 0 Å². The first-order valence-electron chi connectivity index (χ1n) is 5.96. The van der Waals surface area contributed by atoms with Crippen molar-refractivity contribution in [2.75, 3.05) is 17.6 Å². The molecule has 0 spiro atoms. The van der Waals surface area contributed by atoms with Crippen LogP contribution in [0.15, 0.2) is 28.8 Å². The van der Waals surface area contributed by atoms with E-state index in [0.717, 1.165) is 17.1 Å². The number of fused-ring (bicyclic) bond motifs is 1. The van der Waals surface area contributed by atoms with E-state index in [0.29, 0.717) is 16.5 Å². The molecular weight excluding hydrogens is 276 g/mol. The lowest BCUT2D eigenvalue weighted by atomic mass is 10.5. The van der Waals surface area contributed by atoms with E-state index < -0.39 is 0 Å². The molecule has 0 fully saturated rings. The number of nitrogens with two attached hydrogens (primary N) is 1. The van der Waals surface area contributed by atoms with E-state index >= 15 is 0 Å². The molecule has 8 nitrogen and oxygen atoms in total. The molecule has 0 atom stereocenters. The minimum Gasteiger partial charge on any atom is -0.370 e. The number of H-pyrrole nitrogens is 1. The number of rotatable bonds is 4. The Hall–Kier alpha value is -2.42. The molecule has 0 aliphatic heterocycles. The number of nitrogens with zero attached hydrogens (tertiary/aromatic N) is 5. The zero-order valence-electron chi connectivity index (χ0n) is 10.7. The minimum absolute atomic E-state index is 0.223. The van der Waals surface area contributed by atoms with E-state index in [1.165, 1.54) is 18.1 Å². The lowest BCUT2D eigenvalue weighted by Gasteiger charge is -2.06. The van der Waals surface area contributed by atoms with Gasteiger partial charge in [-0.05, 0) is 18.7 Å². The fourth-order valence-corrected chi connectivity index (χ4v) is 2.55. The summed E-state index contributed by atoms with van der Waals surface area (Å²) in [5.41, 5.74) is 7.11. The summed E-state index contributed by atoms with van der Waals surface area (Å²) < 4.78 is 0. The number of nitrogens with one attached hydrogen (secondary N) is 2. The highest BCUT2D eigenvalue weighted by Gasteiger charge is 2.10. The molecule has 0 unspecified atom stereocenters. The first-order valence-corrected chi connectivity index (χ1v) is 6.78. The lowest BCUT2D eigenvalue weighted by molar-refractivity contribution is 1.03. The van der Waals surface area contributed by atoms with Gasteiger partial charge in [0.2, 0.25) is 5.95 Å². The molecule has 0 amide bonds. The maximum atomic E-state index is 5.71. The number of anilines is 2. The molecule has 0 saturated carbocycles. The quantitative estimate of drug-likeness (QED) is 0.615. The predicted octanol–water partition coefficient (Wildman–Crippen LogP) is 1.31. The van der Waals surface area contributed by atoms with Gasteiger partial charge in [0.25, 0.3) is 0 Å². The van der Waals surface area contributed by atoms with Gasteiger partial charge >= 0.3 is 0 Å². The van der Waals surface area contributed by atoms with E-state index in [2.05, 4.69) is 35.2 Å². The van der Waals surface area contributed by atoms with E-state index in [9.17, 15) is 0 Å². The van der Waals surface area contributed by atoms with E-state index in [4.69, 9.17) is 5.73 Å². The fourth-order valence-electron chi connectivity index (χ4n) is 1.69. The van der Waals surface area contributed by atoms with Crippen LogP contribution in [0, 0.1) is 0 Å². The minimum atomic E-state index is 0.223. The van der Waals surface area contributed by atoms with Crippen LogP contribution in [0.4, 0.5) is 11.8 Å². The van der Waals surface area contributed by atoms with Gasteiger partial charge in [-0.2, -0.15) is 4.98 Å². The van der Waals surface area contributed by atoms with Gasteiger partial charge in [0, 0.05) is 12.6 Å². The van der Waals surface area contributed by atoms with Crippen LogP contribution in [-0.2, 0) is 0 Å². The highest BCUT2D eigenvalue weighted by Crippen LogP contribution is 2.29. The third kappa shape index (κ3) is 2.48. The van der Waals surface area contributed by atoms with Gasteiger partial charge in [-0.3, -0.25) is 0 Å². The maximum absolute atomic E-state index is 5.71. The summed E-state index contributed by atoms with van der Waals surface area (Å²) in [6.07, 6.45) is 3.06. The van der Waals surface area contributed by atoms with Crippen molar-refractivity contribution in [3.8, 4) is 0 Å². The summed E-state index contributed by atoms with van der Waals surface area (Å²) in [5.74, 6) is 0.915. The fraction of sp³-hybridized carbons (Fsp3) is 0.182. The van der Waals surface area contributed by atoms with Crippen LogP contribution in [0.5, 0.6) is 0 Å². The SMILES string of the molecule is CCNc1cc(Sc2ncnc3nc[nH]c23)nc(N)n1. The molecule has 3 rings (SSSR count). The Morgan fingerprint density at radius 3 is 3.05 bits per heavy atom. The van der Waals surface area contributed by atoms with Crippen LogP contribution in [-0.4, -0.2) is 36.4 Å². The second kappa shape index (κ2) is 5.29. The summed E-state index contributed by atoms with van der Waals surface area (Å²) >= 11 is 1.38. The molecule has 9 heteroatoms. The van der Waals surface area contributed by atoms with Crippen molar-refractivity contribution in [3.63, 3.8) is 0 Å². The van der Waals surface area contributed by atoms with Gasteiger partial charge in [0.15, 0.2) is 5.65 Å². The second-order valence-electron chi connectivity index (χ2n) is 3.86. The highest BCUT2D eigenvalue weighted by molar-refractivity contribution is 7.99. The van der Waals surface area contributed by atoms with Crippen LogP contribution < -0.4 is 11.1 Å². The number of hydrogen-bond acceptors (Lipinski definition) is 8. The van der Waals surface area contributed by atoms with Crippen LogP contribution in [0.25, 0.3) is 11.2 Å². The predicted molar refractivity (Wildman–Crippen MR) is 76.4 cm³/mol. The molecule has 3 aromatic rings. The molecule has 0 aliphatic rings. The average molecular weight is 288 g/mol. The Kier molecular flexibility index (Phi) is 3.33. The van der Waals surface area contributed by atoms with Crippen LogP contribution in [0.3, 0.4) is 0 Å². The third-order valence-corrected chi connectivity index (χ3v) is 3.39. The number of aromatic nitrogens is 6. The van der Waals surface area contributed by atoms with Gasteiger partial charge in [-0.1, -0.05) is 0 Å². The molecule has 0 aromatic carbocycles. The first-order chi connectivity index (χ1) is 9.76. The molecule has 0 saturated heterocycles. The Bertz CT molecular complexity index is 740. The number of nitrogen functional groups attached to an aromatic ring is 1. The molecule has 0 bridgehead atoms. The molecule has 102 valence electrons. The average Bonchev–Trinajstić information content (AvgIpc) is 2.88. The summed E-state index contributed by atoms with van der Waals surface area (Å²) in [5, 5.41) is 4.56. The van der Waals surface area contributed by atoms with E-state index in [1.54, 1.807) is 6.33 Å². The molecule has 20 heavy (non-hydrogen) atoms. The van der Waals surface area contributed by atoms with Gasteiger partial charge < -0.3 is 16.0 Å². The Morgan fingerprint density at radius 2 is 2.20 bits per heavy atom. The van der Waals surface area contributed by atoms with Crippen molar-refractivity contribution in [1.29, 1.82) is 0 Å². The van der Waals surface area contributed by atoms with Crippen LogP contribution in [0.1, 0.15) is 6.92 Å². The van der Waals surface area contributed by atoms with Gasteiger partial charge in [0.1, 0.15) is 27.7 Å². The highest BCUT2D eigenvalue weighted by atomic mass is 32.2. The molecule has 0 aliphatic carbocycles. The third-order valence-electron chi connectivity index (χ3n) is 2.47. The van der Waals surface area contributed by atoms with Crippen molar-refractivity contribution in [1.82, 2.24) is 29.9 Å². The van der Waals surface area contributed by atoms with Crippen LogP contribution >= 0.6 is 11.8 Å². The lowest BCUT2D eigenvalue weighted by Crippen LogP contribution is -2.04. The summed E-state index contributed by atoms with van der Waals surface area (Å²) in [6, 6.07) is 1.83.